The Labute approximate surface area is 98.2 Å². The van der Waals surface area contributed by atoms with Gasteiger partial charge in [-0.05, 0) is 38.5 Å². The van der Waals surface area contributed by atoms with E-state index in [1.165, 1.54) is 31.2 Å². The monoisotopic (exact) mass is 221 g/mol. The molecule has 1 aromatic heterocycles. The van der Waals surface area contributed by atoms with Crippen LogP contribution in [-0.4, -0.2) is 15.8 Å². The fourth-order valence-corrected chi connectivity index (χ4v) is 2.54. The Morgan fingerprint density at radius 1 is 1.38 bits per heavy atom. The van der Waals surface area contributed by atoms with Crippen LogP contribution in [0.1, 0.15) is 43.9 Å². The summed E-state index contributed by atoms with van der Waals surface area (Å²) < 4.78 is 1.90. The number of rotatable bonds is 3. The second-order valence-corrected chi connectivity index (χ2v) is 5.25. The van der Waals surface area contributed by atoms with Gasteiger partial charge in [-0.1, -0.05) is 6.92 Å². The van der Waals surface area contributed by atoms with Crippen LogP contribution in [0.25, 0.3) is 0 Å². The lowest BCUT2D eigenvalue weighted by molar-refractivity contribution is 0.306. The summed E-state index contributed by atoms with van der Waals surface area (Å²) in [4.78, 5) is 0. The fraction of sp³-hybridized carbons (Fsp3) is 0.769. The third-order valence-electron chi connectivity index (χ3n) is 3.71. The van der Waals surface area contributed by atoms with Crippen molar-refractivity contribution in [2.75, 3.05) is 0 Å². The van der Waals surface area contributed by atoms with Crippen LogP contribution < -0.4 is 5.32 Å². The van der Waals surface area contributed by atoms with Crippen LogP contribution in [0.3, 0.4) is 0 Å². The van der Waals surface area contributed by atoms with Gasteiger partial charge in [0.1, 0.15) is 0 Å². The van der Waals surface area contributed by atoms with Gasteiger partial charge in [0.25, 0.3) is 0 Å². The number of aryl methyl sites for hydroxylation is 2. The van der Waals surface area contributed by atoms with E-state index in [2.05, 4.69) is 30.5 Å². The van der Waals surface area contributed by atoms with Gasteiger partial charge in [-0.15, -0.1) is 0 Å². The van der Waals surface area contributed by atoms with Crippen LogP contribution in [0.5, 0.6) is 0 Å². The van der Waals surface area contributed by atoms with Crippen molar-refractivity contribution in [3.63, 3.8) is 0 Å². The van der Waals surface area contributed by atoms with Crippen LogP contribution in [0.4, 0.5) is 0 Å². The molecular weight excluding hydrogens is 198 g/mol. The molecule has 90 valence electrons. The zero-order valence-corrected chi connectivity index (χ0v) is 10.7. The Morgan fingerprint density at radius 3 is 2.62 bits per heavy atom. The molecule has 1 aliphatic carbocycles. The van der Waals surface area contributed by atoms with Crippen LogP contribution in [-0.2, 0) is 13.6 Å². The maximum atomic E-state index is 4.36. The highest BCUT2D eigenvalue weighted by Gasteiger charge is 2.17. The Bertz CT molecular complexity index is 335. The molecule has 0 unspecified atom stereocenters. The smallest absolute Gasteiger partial charge is 0.0638 e. The van der Waals surface area contributed by atoms with Gasteiger partial charge >= 0.3 is 0 Å². The first-order valence-corrected chi connectivity index (χ1v) is 6.37. The molecule has 0 bridgehead atoms. The molecule has 0 atom stereocenters. The zero-order chi connectivity index (χ0) is 11.5. The lowest BCUT2D eigenvalue weighted by Gasteiger charge is -2.26. The number of nitrogens with one attached hydrogen (secondary N) is 1. The molecule has 1 saturated carbocycles. The Morgan fingerprint density at radius 2 is 2.06 bits per heavy atom. The summed E-state index contributed by atoms with van der Waals surface area (Å²) in [6.07, 6.45) is 7.54. The van der Waals surface area contributed by atoms with Crippen molar-refractivity contribution in [2.24, 2.45) is 13.0 Å². The van der Waals surface area contributed by atoms with Crippen molar-refractivity contribution >= 4 is 0 Å². The van der Waals surface area contributed by atoms with Crippen LogP contribution in [0, 0.1) is 12.8 Å². The van der Waals surface area contributed by atoms with Crippen molar-refractivity contribution in [3.05, 3.63) is 17.5 Å². The highest BCUT2D eigenvalue weighted by atomic mass is 15.2. The summed E-state index contributed by atoms with van der Waals surface area (Å²) in [5.74, 6) is 0.929. The number of aromatic nitrogens is 2. The molecule has 2 rings (SSSR count). The summed E-state index contributed by atoms with van der Waals surface area (Å²) in [6, 6.07) is 0.718. The molecule has 1 heterocycles. The lowest BCUT2D eigenvalue weighted by atomic mass is 9.87. The molecule has 1 aromatic rings. The van der Waals surface area contributed by atoms with Gasteiger partial charge in [-0.25, -0.2) is 0 Å². The highest BCUT2D eigenvalue weighted by Crippen LogP contribution is 2.23. The normalized spacial score (nSPS) is 25.9. The van der Waals surface area contributed by atoms with Crippen molar-refractivity contribution in [1.29, 1.82) is 0 Å². The minimum Gasteiger partial charge on any atom is -0.310 e. The molecule has 0 spiro atoms. The fourth-order valence-electron chi connectivity index (χ4n) is 2.54. The SMILES string of the molecule is Cc1nn(C)cc1CNC1CCC(C)CC1. The van der Waals surface area contributed by atoms with Crippen molar-refractivity contribution < 1.29 is 0 Å². The van der Waals surface area contributed by atoms with E-state index in [4.69, 9.17) is 0 Å². The minimum absolute atomic E-state index is 0.718. The zero-order valence-electron chi connectivity index (χ0n) is 10.7. The van der Waals surface area contributed by atoms with Crippen molar-refractivity contribution in [1.82, 2.24) is 15.1 Å². The molecular formula is C13H23N3. The summed E-state index contributed by atoms with van der Waals surface area (Å²) >= 11 is 0. The average Bonchev–Trinajstić information content (AvgIpc) is 2.57. The first-order valence-electron chi connectivity index (χ1n) is 6.37. The van der Waals surface area contributed by atoms with E-state index < -0.39 is 0 Å². The van der Waals surface area contributed by atoms with Gasteiger partial charge in [0.15, 0.2) is 0 Å². The van der Waals surface area contributed by atoms with Gasteiger partial charge in [0, 0.05) is 31.4 Å². The van der Waals surface area contributed by atoms with Gasteiger partial charge in [-0.3, -0.25) is 4.68 Å². The van der Waals surface area contributed by atoms with Gasteiger partial charge < -0.3 is 5.32 Å². The molecule has 0 radical (unpaired) electrons. The van der Waals surface area contributed by atoms with E-state index in [1.807, 2.05) is 11.7 Å². The molecule has 0 aromatic carbocycles. The maximum absolute atomic E-state index is 4.36. The second-order valence-electron chi connectivity index (χ2n) is 5.25. The third-order valence-corrected chi connectivity index (χ3v) is 3.71. The van der Waals surface area contributed by atoms with Crippen LogP contribution in [0.2, 0.25) is 0 Å². The van der Waals surface area contributed by atoms with E-state index >= 15 is 0 Å². The first-order chi connectivity index (χ1) is 7.65. The average molecular weight is 221 g/mol. The largest absolute Gasteiger partial charge is 0.310 e. The molecule has 0 saturated heterocycles. The third kappa shape index (κ3) is 2.85. The number of nitrogens with zero attached hydrogens (tertiary/aromatic N) is 2. The van der Waals surface area contributed by atoms with Crippen molar-refractivity contribution in [3.8, 4) is 0 Å². The summed E-state index contributed by atoms with van der Waals surface area (Å²) in [6.45, 7) is 5.42. The molecule has 1 N–H and O–H groups in total. The molecule has 1 fully saturated rings. The van der Waals surface area contributed by atoms with Crippen molar-refractivity contribution in [2.45, 2.75) is 52.1 Å². The molecule has 3 heteroatoms. The van der Waals surface area contributed by atoms with E-state index in [1.54, 1.807) is 0 Å². The molecule has 1 aliphatic rings. The topological polar surface area (TPSA) is 29.9 Å². The maximum Gasteiger partial charge on any atom is 0.0638 e. The Balaban J connectivity index is 1.81. The van der Waals surface area contributed by atoms with Gasteiger partial charge in [0.2, 0.25) is 0 Å². The Kier molecular flexibility index (Phi) is 3.64. The molecule has 0 aliphatic heterocycles. The summed E-state index contributed by atoms with van der Waals surface area (Å²) in [5.41, 5.74) is 2.49. The van der Waals surface area contributed by atoms with E-state index in [0.717, 1.165) is 24.2 Å². The van der Waals surface area contributed by atoms with Crippen LogP contribution >= 0.6 is 0 Å². The molecule has 3 nitrogen and oxygen atoms in total. The molecule has 0 amide bonds. The van der Waals surface area contributed by atoms with Gasteiger partial charge in [-0.2, -0.15) is 5.10 Å². The standard InChI is InChI=1S/C13H23N3/c1-10-4-6-13(7-5-10)14-8-12-9-16(3)15-11(12)2/h9-10,13-14H,4-8H2,1-3H3. The van der Waals surface area contributed by atoms with E-state index in [-0.39, 0.29) is 0 Å². The minimum atomic E-state index is 0.718. The number of hydrogen-bond acceptors (Lipinski definition) is 2. The van der Waals surface area contributed by atoms with E-state index in [9.17, 15) is 0 Å². The summed E-state index contributed by atoms with van der Waals surface area (Å²) in [5, 5.41) is 8.02. The first kappa shape index (κ1) is 11.6. The second kappa shape index (κ2) is 5.00. The summed E-state index contributed by atoms with van der Waals surface area (Å²) in [7, 11) is 1.98. The van der Waals surface area contributed by atoms with E-state index in [0.29, 0.717) is 0 Å². The lowest BCUT2D eigenvalue weighted by Crippen LogP contribution is -2.32. The Hall–Kier alpha value is -0.830. The predicted molar refractivity (Wildman–Crippen MR) is 66.2 cm³/mol. The van der Waals surface area contributed by atoms with Gasteiger partial charge in [0.05, 0.1) is 5.69 Å². The van der Waals surface area contributed by atoms with Crippen LogP contribution in [0.15, 0.2) is 6.20 Å². The molecule has 16 heavy (non-hydrogen) atoms. The number of hydrogen-bond donors (Lipinski definition) is 1. The highest BCUT2D eigenvalue weighted by molar-refractivity contribution is 5.14. The predicted octanol–water partition coefficient (Wildman–Crippen LogP) is 2.40. The quantitative estimate of drug-likeness (QED) is 0.849.